The minimum absolute atomic E-state index is 0.0945. The molecule has 0 aromatic heterocycles. The number of benzene rings is 1. The predicted octanol–water partition coefficient (Wildman–Crippen LogP) is 1.29. The Balaban J connectivity index is 2.68. The maximum atomic E-state index is 9.24. The van der Waals surface area contributed by atoms with Crippen LogP contribution in [-0.2, 0) is 6.54 Å². The van der Waals surface area contributed by atoms with Gasteiger partial charge >= 0.3 is 0 Å². The van der Waals surface area contributed by atoms with Crippen molar-refractivity contribution >= 4 is 15.9 Å². The second-order valence-electron chi connectivity index (χ2n) is 3.68. The lowest BCUT2D eigenvalue weighted by Crippen LogP contribution is -2.22. The molecular formula is C12H18BrNO3. The highest BCUT2D eigenvalue weighted by molar-refractivity contribution is 9.10. The van der Waals surface area contributed by atoms with Gasteiger partial charge in [-0.15, -0.1) is 0 Å². The third-order valence-electron chi connectivity index (χ3n) is 2.23. The van der Waals surface area contributed by atoms with Crippen molar-refractivity contribution < 1.29 is 14.9 Å². The first-order valence-corrected chi connectivity index (χ1v) is 6.37. The lowest BCUT2D eigenvalue weighted by atomic mass is 10.2. The van der Waals surface area contributed by atoms with Crippen molar-refractivity contribution in [2.45, 2.75) is 19.6 Å². The van der Waals surface area contributed by atoms with Crippen LogP contribution in [0.5, 0.6) is 5.75 Å². The molecule has 17 heavy (non-hydrogen) atoms. The molecule has 1 aromatic rings. The van der Waals surface area contributed by atoms with Crippen molar-refractivity contribution in [2.24, 2.45) is 0 Å². The van der Waals surface area contributed by atoms with Gasteiger partial charge in [-0.2, -0.15) is 0 Å². The summed E-state index contributed by atoms with van der Waals surface area (Å²) in [7, 11) is 0. The molecule has 0 heterocycles. The van der Waals surface area contributed by atoms with E-state index in [4.69, 9.17) is 9.84 Å². The molecule has 3 N–H and O–H groups in total. The average molecular weight is 304 g/mol. The molecule has 0 bridgehead atoms. The van der Waals surface area contributed by atoms with E-state index in [9.17, 15) is 5.11 Å². The van der Waals surface area contributed by atoms with Crippen LogP contribution in [-0.4, -0.2) is 36.1 Å². The summed E-state index contributed by atoms with van der Waals surface area (Å²) in [5.74, 6) is 0.724. The largest absolute Gasteiger partial charge is 0.490 e. The zero-order valence-electron chi connectivity index (χ0n) is 9.82. The van der Waals surface area contributed by atoms with Crippen LogP contribution >= 0.6 is 15.9 Å². The molecule has 96 valence electrons. The maximum Gasteiger partial charge on any atom is 0.124 e. The van der Waals surface area contributed by atoms with Crippen LogP contribution in [0.2, 0.25) is 0 Å². The molecule has 0 amide bonds. The number of ether oxygens (including phenoxy) is 1. The highest BCUT2D eigenvalue weighted by Crippen LogP contribution is 2.23. The molecule has 0 aliphatic rings. The smallest absolute Gasteiger partial charge is 0.124 e. The Kier molecular flexibility index (Phi) is 6.50. The van der Waals surface area contributed by atoms with Crippen molar-refractivity contribution in [1.82, 2.24) is 5.32 Å². The van der Waals surface area contributed by atoms with Crippen LogP contribution in [0.25, 0.3) is 0 Å². The molecule has 0 aliphatic carbocycles. The second kappa shape index (κ2) is 7.66. The summed E-state index contributed by atoms with van der Waals surface area (Å²) in [6.45, 7) is 3.43. The van der Waals surface area contributed by atoms with E-state index in [1.165, 1.54) is 0 Å². The van der Waals surface area contributed by atoms with E-state index < -0.39 is 6.10 Å². The van der Waals surface area contributed by atoms with Crippen LogP contribution < -0.4 is 10.1 Å². The molecule has 0 saturated carbocycles. The lowest BCUT2D eigenvalue weighted by Gasteiger charge is -2.14. The fraction of sp³-hybridized carbons (Fsp3) is 0.500. The van der Waals surface area contributed by atoms with E-state index in [0.717, 1.165) is 22.3 Å². The quantitative estimate of drug-likeness (QED) is 0.710. The van der Waals surface area contributed by atoms with E-state index in [2.05, 4.69) is 21.2 Å². The number of aliphatic hydroxyl groups excluding tert-OH is 2. The van der Waals surface area contributed by atoms with Gasteiger partial charge in [-0.25, -0.2) is 0 Å². The van der Waals surface area contributed by atoms with Crippen molar-refractivity contribution in [3.63, 3.8) is 0 Å². The number of nitrogens with one attached hydrogen (secondary N) is 1. The molecule has 0 spiro atoms. The molecule has 0 fully saturated rings. The normalized spacial score (nSPS) is 12.5. The molecule has 0 saturated heterocycles. The first-order valence-electron chi connectivity index (χ1n) is 5.58. The molecule has 1 aromatic carbocycles. The van der Waals surface area contributed by atoms with Gasteiger partial charge < -0.3 is 20.3 Å². The Bertz CT molecular complexity index is 347. The van der Waals surface area contributed by atoms with Crippen LogP contribution in [0, 0.1) is 0 Å². The number of hydrogen-bond acceptors (Lipinski definition) is 4. The third kappa shape index (κ3) is 5.04. The van der Waals surface area contributed by atoms with E-state index in [-0.39, 0.29) is 13.2 Å². The second-order valence-corrected chi connectivity index (χ2v) is 4.60. The predicted molar refractivity (Wildman–Crippen MR) is 70.1 cm³/mol. The van der Waals surface area contributed by atoms with Crippen molar-refractivity contribution in [2.75, 3.05) is 19.8 Å². The first kappa shape index (κ1) is 14.4. The molecule has 1 atom stereocenters. The number of aliphatic hydroxyl groups is 2. The Morgan fingerprint density at radius 3 is 2.88 bits per heavy atom. The summed E-state index contributed by atoms with van der Waals surface area (Å²) in [5.41, 5.74) is 1.02. The molecule has 1 rings (SSSR count). The lowest BCUT2D eigenvalue weighted by molar-refractivity contribution is 0.0532. The average Bonchev–Trinajstić information content (AvgIpc) is 2.34. The van der Waals surface area contributed by atoms with Crippen LogP contribution in [0.3, 0.4) is 0 Å². The standard InChI is InChI=1S/C12H18BrNO3/c1-2-14-6-9-5-10(13)3-4-12(9)17-8-11(16)7-15/h3-5,11,14-16H,2,6-8H2,1H3. The highest BCUT2D eigenvalue weighted by Gasteiger charge is 2.07. The van der Waals surface area contributed by atoms with Crippen LogP contribution in [0.15, 0.2) is 22.7 Å². The van der Waals surface area contributed by atoms with Gasteiger partial charge in [-0.1, -0.05) is 22.9 Å². The number of hydrogen-bond donors (Lipinski definition) is 3. The van der Waals surface area contributed by atoms with Gasteiger partial charge in [0, 0.05) is 16.6 Å². The van der Waals surface area contributed by atoms with E-state index >= 15 is 0 Å². The number of rotatable bonds is 7. The van der Waals surface area contributed by atoms with Gasteiger partial charge in [0.2, 0.25) is 0 Å². The zero-order valence-corrected chi connectivity index (χ0v) is 11.4. The summed E-state index contributed by atoms with van der Waals surface area (Å²) < 4.78 is 6.46. The monoisotopic (exact) mass is 303 g/mol. The summed E-state index contributed by atoms with van der Waals surface area (Å²) >= 11 is 3.41. The Labute approximate surface area is 110 Å². The minimum Gasteiger partial charge on any atom is -0.490 e. The fourth-order valence-electron chi connectivity index (χ4n) is 1.33. The van der Waals surface area contributed by atoms with Crippen molar-refractivity contribution in [3.05, 3.63) is 28.2 Å². The summed E-state index contributed by atoms with van der Waals surface area (Å²) in [6.07, 6.45) is -0.842. The molecule has 0 aliphatic heterocycles. The third-order valence-corrected chi connectivity index (χ3v) is 2.72. The molecule has 5 heteroatoms. The van der Waals surface area contributed by atoms with Crippen molar-refractivity contribution in [3.8, 4) is 5.75 Å². The molecule has 1 unspecified atom stereocenters. The number of halogens is 1. The van der Waals surface area contributed by atoms with Gasteiger partial charge in [-0.3, -0.25) is 0 Å². The van der Waals surface area contributed by atoms with E-state index in [1.54, 1.807) is 0 Å². The van der Waals surface area contributed by atoms with E-state index in [0.29, 0.717) is 6.54 Å². The van der Waals surface area contributed by atoms with Gasteiger partial charge in [0.15, 0.2) is 0 Å². The van der Waals surface area contributed by atoms with Crippen LogP contribution in [0.1, 0.15) is 12.5 Å². The van der Waals surface area contributed by atoms with E-state index in [1.807, 2.05) is 25.1 Å². The Morgan fingerprint density at radius 2 is 2.24 bits per heavy atom. The van der Waals surface area contributed by atoms with Gasteiger partial charge in [-0.05, 0) is 24.7 Å². The Morgan fingerprint density at radius 1 is 1.47 bits per heavy atom. The SMILES string of the molecule is CCNCc1cc(Br)ccc1OCC(O)CO. The summed E-state index contributed by atoms with van der Waals surface area (Å²) in [5, 5.41) is 21.2. The Hall–Kier alpha value is -0.620. The first-order chi connectivity index (χ1) is 8.17. The zero-order chi connectivity index (χ0) is 12.7. The maximum absolute atomic E-state index is 9.24. The highest BCUT2D eigenvalue weighted by atomic mass is 79.9. The summed E-state index contributed by atoms with van der Waals surface area (Å²) in [4.78, 5) is 0. The topological polar surface area (TPSA) is 61.7 Å². The molecule has 4 nitrogen and oxygen atoms in total. The van der Waals surface area contributed by atoms with Gasteiger partial charge in [0.1, 0.15) is 18.5 Å². The molecular weight excluding hydrogens is 286 g/mol. The molecule has 0 radical (unpaired) electrons. The van der Waals surface area contributed by atoms with Gasteiger partial charge in [0.05, 0.1) is 6.61 Å². The van der Waals surface area contributed by atoms with Crippen LogP contribution in [0.4, 0.5) is 0 Å². The van der Waals surface area contributed by atoms with Crippen molar-refractivity contribution in [1.29, 1.82) is 0 Å². The fourth-order valence-corrected chi connectivity index (χ4v) is 1.73. The summed E-state index contributed by atoms with van der Waals surface area (Å²) in [6, 6.07) is 5.71. The minimum atomic E-state index is -0.842. The van der Waals surface area contributed by atoms with Gasteiger partial charge in [0.25, 0.3) is 0 Å².